The zero-order valence-corrected chi connectivity index (χ0v) is 16.8. The number of hydrogen-bond donors (Lipinski definition) is 1. The van der Waals surface area contributed by atoms with Crippen LogP contribution >= 0.6 is 11.8 Å². The van der Waals surface area contributed by atoms with Gasteiger partial charge in [0.1, 0.15) is 0 Å². The Kier molecular flexibility index (Phi) is 6.18. The maximum absolute atomic E-state index is 12.5. The van der Waals surface area contributed by atoms with Crippen LogP contribution in [0.3, 0.4) is 0 Å². The quantitative estimate of drug-likeness (QED) is 0.634. The number of rotatable bonds is 9. The molecule has 1 aliphatic carbocycles. The predicted molar refractivity (Wildman–Crippen MR) is 102 cm³/mol. The minimum absolute atomic E-state index is 0.131. The molecule has 2 aromatic rings. The Bertz CT molecular complexity index is 888. The van der Waals surface area contributed by atoms with Crippen LogP contribution in [-0.4, -0.2) is 47.7 Å². The lowest BCUT2D eigenvalue weighted by atomic mass is 10.3. The number of amides is 1. The Morgan fingerprint density at radius 3 is 2.48 bits per heavy atom. The summed E-state index contributed by atoms with van der Waals surface area (Å²) in [6, 6.07) is 6.15. The molecule has 0 aliphatic heterocycles. The topological polar surface area (TPSA) is 105 Å². The van der Waals surface area contributed by atoms with Crippen LogP contribution in [0.2, 0.25) is 0 Å². The number of nitrogens with zero attached hydrogens (tertiary/aromatic N) is 3. The molecule has 146 valence electrons. The molecule has 1 N–H and O–H groups in total. The SMILES string of the molecule is CCN(CC)S(=O)(=O)c1ccc(NC(=O)CSc2nnc(C3CC3)o2)cc1. The molecule has 8 nitrogen and oxygen atoms in total. The van der Waals surface area contributed by atoms with Crippen LogP contribution in [0.4, 0.5) is 5.69 Å². The van der Waals surface area contributed by atoms with E-state index in [1.54, 1.807) is 26.0 Å². The standard InChI is InChI=1S/C17H22N4O4S2/c1-3-21(4-2)27(23,24)14-9-7-13(8-10-14)18-15(22)11-26-17-20-19-16(25-17)12-5-6-12/h7-10,12H,3-6,11H2,1-2H3,(H,18,22). The van der Waals surface area contributed by atoms with Crippen LogP contribution in [0.5, 0.6) is 0 Å². The van der Waals surface area contributed by atoms with Crippen molar-refractivity contribution in [2.45, 2.75) is 42.7 Å². The summed E-state index contributed by atoms with van der Waals surface area (Å²) in [6.07, 6.45) is 2.15. The average molecular weight is 411 g/mol. The van der Waals surface area contributed by atoms with E-state index in [1.165, 1.54) is 28.2 Å². The highest BCUT2D eigenvalue weighted by Gasteiger charge is 2.29. The summed E-state index contributed by atoms with van der Waals surface area (Å²) in [7, 11) is -3.50. The summed E-state index contributed by atoms with van der Waals surface area (Å²) >= 11 is 1.18. The van der Waals surface area contributed by atoms with E-state index in [4.69, 9.17) is 4.42 Å². The van der Waals surface area contributed by atoms with E-state index in [-0.39, 0.29) is 16.6 Å². The summed E-state index contributed by atoms with van der Waals surface area (Å²) in [6.45, 7) is 4.41. The molecule has 0 bridgehead atoms. The zero-order valence-electron chi connectivity index (χ0n) is 15.2. The van der Waals surface area contributed by atoms with Gasteiger partial charge in [-0.1, -0.05) is 25.6 Å². The highest BCUT2D eigenvalue weighted by Crippen LogP contribution is 2.39. The second-order valence-electron chi connectivity index (χ2n) is 6.13. The number of anilines is 1. The van der Waals surface area contributed by atoms with Crippen molar-refractivity contribution in [2.24, 2.45) is 0 Å². The molecule has 27 heavy (non-hydrogen) atoms. The van der Waals surface area contributed by atoms with Gasteiger partial charge in [0, 0.05) is 24.7 Å². The Morgan fingerprint density at radius 1 is 1.22 bits per heavy atom. The number of carbonyl (C=O) groups excluding carboxylic acids is 1. The summed E-state index contributed by atoms with van der Waals surface area (Å²) < 4.78 is 31.8. The molecule has 3 rings (SSSR count). The normalized spacial score (nSPS) is 14.5. The summed E-state index contributed by atoms with van der Waals surface area (Å²) in [4.78, 5) is 12.3. The van der Waals surface area contributed by atoms with Gasteiger partial charge in [-0.05, 0) is 37.1 Å². The van der Waals surface area contributed by atoms with Crippen molar-refractivity contribution in [3.63, 3.8) is 0 Å². The van der Waals surface area contributed by atoms with Gasteiger partial charge in [0.05, 0.1) is 10.6 Å². The van der Waals surface area contributed by atoms with Gasteiger partial charge in [0.2, 0.25) is 21.8 Å². The number of nitrogens with one attached hydrogen (secondary N) is 1. The van der Waals surface area contributed by atoms with Crippen molar-refractivity contribution < 1.29 is 17.6 Å². The van der Waals surface area contributed by atoms with E-state index in [0.29, 0.717) is 35.8 Å². The van der Waals surface area contributed by atoms with Crippen LogP contribution in [0.15, 0.2) is 38.8 Å². The molecule has 0 spiro atoms. The first kappa shape index (κ1) is 19.8. The zero-order chi connectivity index (χ0) is 19.4. The average Bonchev–Trinajstić information content (AvgIpc) is 3.39. The van der Waals surface area contributed by atoms with E-state index in [0.717, 1.165) is 12.8 Å². The van der Waals surface area contributed by atoms with Crippen molar-refractivity contribution >= 4 is 33.4 Å². The molecule has 1 aliphatic rings. The first-order valence-corrected chi connectivity index (χ1v) is 11.2. The fourth-order valence-electron chi connectivity index (χ4n) is 2.52. The van der Waals surface area contributed by atoms with Crippen LogP contribution in [0.25, 0.3) is 0 Å². The molecular weight excluding hydrogens is 388 g/mol. The van der Waals surface area contributed by atoms with E-state index in [2.05, 4.69) is 15.5 Å². The third kappa shape index (κ3) is 4.88. The Labute approximate surface area is 162 Å². The van der Waals surface area contributed by atoms with Gasteiger partial charge < -0.3 is 9.73 Å². The fourth-order valence-corrected chi connectivity index (χ4v) is 4.55. The maximum Gasteiger partial charge on any atom is 0.277 e. The molecule has 1 amide bonds. The first-order chi connectivity index (χ1) is 12.9. The number of sulfonamides is 1. The highest BCUT2D eigenvalue weighted by atomic mass is 32.2. The van der Waals surface area contributed by atoms with Crippen molar-refractivity contribution in [1.82, 2.24) is 14.5 Å². The molecule has 1 fully saturated rings. The maximum atomic E-state index is 12.5. The number of benzene rings is 1. The minimum atomic E-state index is -3.50. The Hall–Kier alpha value is -1.91. The van der Waals surface area contributed by atoms with Crippen LogP contribution in [0.1, 0.15) is 38.5 Å². The second kappa shape index (κ2) is 8.41. The number of thioether (sulfide) groups is 1. The number of aromatic nitrogens is 2. The molecule has 1 aromatic heterocycles. The monoisotopic (exact) mass is 410 g/mol. The van der Waals surface area contributed by atoms with Gasteiger partial charge in [-0.25, -0.2) is 8.42 Å². The Morgan fingerprint density at radius 2 is 1.89 bits per heavy atom. The molecule has 0 atom stereocenters. The van der Waals surface area contributed by atoms with E-state index >= 15 is 0 Å². The van der Waals surface area contributed by atoms with E-state index in [1.807, 2.05) is 0 Å². The molecule has 0 saturated heterocycles. The number of carbonyl (C=O) groups is 1. The minimum Gasteiger partial charge on any atom is -0.416 e. The lowest BCUT2D eigenvalue weighted by Crippen LogP contribution is -2.30. The van der Waals surface area contributed by atoms with Crippen LogP contribution in [-0.2, 0) is 14.8 Å². The smallest absolute Gasteiger partial charge is 0.277 e. The van der Waals surface area contributed by atoms with Crippen LogP contribution < -0.4 is 5.32 Å². The second-order valence-corrected chi connectivity index (χ2v) is 9.00. The van der Waals surface area contributed by atoms with Crippen molar-refractivity contribution in [2.75, 3.05) is 24.2 Å². The van der Waals surface area contributed by atoms with Gasteiger partial charge in [-0.2, -0.15) is 4.31 Å². The molecule has 1 aromatic carbocycles. The molecular formula is C17H22N4O4S2. The molecule has 0 radical (unpaired) electrons. The fraction of sp³-hybridized carbons (Fsp3) is 0.471. The summed E-state index contributed by atoms with van der Waals surface area (Å²) in [5.41, 5.74) is 0.531. The Balaban J connectivity index is 1.54. The van der Waals surface area contributed by atoms with Crippen molar-refractivity contribution in [1.29, 1.82) is 0 Å². The van der Waals surface area contributed by atoms with Crippen LogP contribution in [0, 0.1) is 0 Å². The molecule has 1 saturated carbocycles. The summed E-state index contributed by atoms with van der Waals surface area (Å²) in [5.74, 6) is 0.923. The van der Waals surface area contributed by atoms with Gasteiger partial charge in [0.25, 0.3) is 5.22 Å². The highest BCUT2D eigenvalue weighted by molar-refractivity contribution is 7.99. The molecule has 1 heterocycles. The lowest BCUT2D eigenvalue weighted by molar-refractivity contribution is -0.113. The number of hydrogen-bond acceptors (Lipinski definition) is 7. The summed E-state index contributed by atoms with van der Waals surface area (Å²) in [5, 5.41) is 11.0. The third-order valence-corrected chi connectivity index (χ3v) is 7.04. The molecule has 10 heteroatoms. The predicted octanol–water partition coefficient (Wildman–Crippen LogP) is 2.71. The largest absolute Gasteiger partial charge is 0.416 e. The molecule has 0 unspecified atom stereocenters. The van der Waals surface area contributed by atoms with Gasteiger partial charge in [-0.15, -0.1) is 10.2 Å². The third-order valence-electron chi connectivity index (χ3n) is 4.16. The van der Waals surface area contributed by atoms with Gasteiger partial charge >= 0.3 is 0 Å². The van der Waals surface area contributed by atoms with Crippen molar-refractivity contribution in [3.05, 3.63) is 30.2 Å². The van der Waals surface area contributed by atoms with Crippen molar-refractivity contribution in [3.8, 4) is 0 Å². The lowest BCUT2D eigenvalue weighted by Gasteiger charge is -2.18. The van der Waals surface area contributed by atoms with E-state index in [9.17, 15) is 13.2 Å². The van der Waals surface area contributed by atoms with Gasteiger partial charge in [0.15, 0.2) is 0 Å². The van der Waals surface area contributed by atoms with E-state index < -0.39 is 10.0 Å². The van der Waals surface area contributed by atoms with Gasteiger partial charge in [-0.3, -0.25) is 4.79 Å². The first-order valence-electron chi connectivity index (χ1n) is 8.80.